The minimum absolute atomic E-state index is 0.0462. The van der Waals surface area contributed by atoms with Gasteiger partial charge in [0.2, 0.25) is 0 Å². The molecular formula is C10H24N2OSi2. The van der Waals surface area contributed by atoms with Crippen LogP contribution in [0.4, 0.5) is 0 Å². The van der Waals surface area contributed by atoms with E-state index in [0.717, 1.165) is 26.3 Å². The van der Waals surface area contributed by atoms with Crippen LogP contribution in [0.25, 0.3) is 0 Å². The molecular weight excluding hydrogens is 220 g/mol. The molecule has 0 amide bonds. The van der Waals surface area contributed by atoms with Crippen LogP contribution in [0.1, 0.15) is 6.92 Å². The summed E-state index contributed by atoms with van der Waals surface area (Å²) in [5, 5.41) is 3.38. The number of ether oxygens (including phenoxy) is 1. The van der Waals surface area contributed by atoms with Gasteiger partial charge in [-0.2, -0.15) is 0 Å². The van der Waals surface area contributed by atoms with Gasteiger partial charge in [0.1, 0.15) is 9.68 Å². The monoisotopic (exact) mass is 244 g/mol. The summed E-state index contributed by atoms with van der Waals surface area (Å²) in [5.41, 5.74) is 2.10. The summed E-state index contributed by atoms with van der Waals surface area (Å²) in [7, 11) is -0.526. The normalized spacial score (nSPS) is 12.3. The lowest BCUT2D eigenvalue weighted by Gasteiger charge is -2.05. The molecule has 0 aromatic rings. The molecule has 5 heteroatoms. The van der Waals surface area contributed by atoms with Crippen molar-refractivity contribution < 1.29 is 4.74 Å². The second kappa shape index (κ2) is 11.8. The van der Waals surface area contributed by atoms with Crippen LogP contribution in [0.15, 0.2) is 12.3 Å². The Hall–Kier alpha value is -0.236. The average molecular weight is 244 g/mol. The number of hydrogen-bond donors (Lipinski definition) is 2. The first kappa shape index (κ1) is 14.8. The van der Waals surface area contributed by atoms with Gasteiger partial charge in [0.15, 0.2) is 0 Å². The lowest BCUT2D eigenvalue weighted by atomic mass is 10.6. The Kier molecular flexibility index (Phi) is 11.7. The Morgan fingerprint density at radius 1 is 1.47 bits per heavy atom. The average Bonchev–Trinajstić information content (AvgIpc) is 2.27. The zero-order valence-electron chi connectivity index (χ0n) is 10.0. The molecule has 0 aliphatic carbocycles. The van der Waals surface area contributed by atoms with Gasteiger partial charge in [0.05, 0.1) is 15.0 Å². The minimum Gasteiger partial charge on any atom is -0.425 e. The van der Waals surface area contributed by atoms with E-state index in [1.807, 2.05) is 6.92 Å². The molecule has 2 N–H and O–H groups in total. The SMILES string of the molecule is C=C/[Si](=C\N[SiH2]C)CCNCCOCC. The summed E-state index contributed by atoms with van der Waals surface area (Å²) in [6.07, 6.45) is 0. The second-order valence-corrected chi connectivity index (χ2v) is 6.64. The maximum atomic E-state index is 5.24. The molecule has 0 bridgehead atoms. The molecule has 15 heavy (non-hydrogen) atoms. The molecule has 0 rings (SSSR count). The van der Waals surface area contributed by atoms with Crippen LogP contribution >= 0.6 is 0 Å². The molecule has 0 aromatic heterocycles. The first-order chi connectivity index (χ1) is 7.35. The summed E-state index contributed by atoms with van der Waals surface area (Å²) in [5.74, 6) is 2.27. The third-order valence-corrected chi connectivity index (χ3v) is 4.92. The second-order valence-electron chi connectivity index (χ2n) is 3.18. The molecule has 0 saturated heterocycles. The van der Waals surface area contributed by atoms with Gasteiger partial charge in [0, 0.05) is 13.2 Å². The Bertz CT molecular complexity index is 186. The summed E-state index contributed by atoms with van der Waals surface area (Å²) >= 11 is 0. The van der Waals surface area contributed by atoms with E-state index in [4.69, 9.17) is 4.74 Å². The van der Waals surface area contributed by atoms with Crippen molar-refractivity contribution in [3.05, 3.63) is 12.3 Å². The summed E-state index contributed by atoms with van der Waals surface area (Å²) < 4.78 is 5.24. The molecule has 0 heterocycles. The van der Waals surface area contributed by atoms with E-state index >= 15 is 0 Å². The van der Waals surface area contributed by atoms with E-state index < -0.39 is 8.41 Å². The van der Waals surface area contributed by atoms with Crippen molar-refractivity contribution in [1.82, 2.24) is 10.3 Å². The summed E-state index contributed by atoms with van der Waals surface area (Å²) in [6, 6.07) is 1.21. The van der Waals surface area contributed by atoms with Crippen molar-refractivity contribution >= 4 is 23.9 Å². The molecule has 0 aliphatic heterocycles. The van der Waals surface area contributed by atoms with Gasteiger partial charge in [-0.25, -0.2) is 0 Å². The van der Waals surface area contributed by atoms with Crippen LogP contribution < -0.4 is 10.3 Å². The summed E-state index contributed by atoms with van der Waals surface area (Å²) in [6.45, 7) is 11.8. The van der Waals surface area contributed by atoms with Crippen LogP contribution in [-0.4, -0.2) is 50.2 Å². The Morgan fingerprint density at radius 2 is 2.27 bits per heavy atom. The molecule has 0 aromatic carbocycles. The van der Waals surface area contributed by atoms with Crippen molar-refractivity contribution in [2.45, 2.75) is 19.5 Å². The van der Waals surface area contributed by atoms with Crippen LogP contribution in [0, 0.1) is 0 Å². The fraction of sp³-hybridized carbons (Fsp3) is 0.700. The maximum Gasteiger partial charge on any atom is 0.116 e. The Balaban J connectivity index is 3.42. The molecule has 3 nitrogen and oxygen atoms in total. The van der Waals surface area contributed by atoms with E-state index in [9.17, 15) is 0 Å². The molecule has 0 fully saturated rings. The highest BCUT2D eigenvalue weighted by Crippen LogP contribution is 1.82. The van der Waals surface area contributed by atoms with Gasteiger partial charge in [-0.1, -0.05) is 12.2 Å². The fourth-order valence-corrected chi connectivity index (χ4v) is 3.91. The molecule has 88 valence electrons. The number of nitrogens with one attached hydrogen (secondary N) is 2. The van der Waals surface area contributed by atoms with Crippen LogP contribution in [0.3, 0.4) is 0 Å². The number of rotatable bonds is 10. The predicted molar refractivity (Wildman–Crippen MR) is 73.7 cm³/mol. The van der Waals surface area contributed by atoms with Crippen molar-refractivity contribution in [2.75, 3.05) is 26.3 Å². The Labute approximate surface area is 97.4 Å². The predicted octanol–water partition coefficient (Wildman–Crippen LogP) is -0.105. The van der Waals surface area contributed by atoms with E-state index in [1.165, 1.54) is 6.04 Å². The van der Waals surface area contributed by atoms with Crippen molar-refractivity contribution in [2.24, 2.45) is 0 Å². The standard InChI is InChI=1S/C10H24N2OSi2/c1-4-13-8-6-11-7-9-15(5-2)10-12-14-3/h5,10-12H,2,4,6-9,14H2,1,3H3/b15-10+. The van der Waals surface area contributed by atoms with Gasteiger partial charge >= 0.3 is 0 Å². The van der Waals surface area contributed by atoms with Crippen molar-refractivity contribution in [3.8, 4) is 0 Å². The van der Waals surface area contributed by atoms with Gasteiger partial charge in [0.25, 0.3) is 0 Å². The third-order valence-electron chi connectivity index (χ3n) is 1.97. The molecule has 0 spiro atoms. The molecule has 0 radical (unpaired) electrons. The van der Waals surface area contributed by atoms with Crippen molar-refractivity contribution in [1.29, 1.82) is 0 Å². The van der Waals surface area contributed by atoms with Gasteiger partial charge in [-0.15, -0.1) is 6.58 Å². The largest absolute Gasteiger partial charge is 0.425 e. The van der Waals surface area contributed by atoms with E-state index in [-0.39, 0.29) is 9.68 Å². The Morgan fingerprint density at radius 3 is 2.87 bits per heavy atom. The topological polar surface area (TPSA) is 33.3 Å². The lowest BCUT2D eigenvalue weighted by Crippen LogP contribution is -2.25. The highest BCUT2D eigenvalue weighted by molar-refractivity contribution is 6.71. The quantitative estimate of drug-likeness (QED) is 0.416. The highest BCUT2D eigenvalue weighted by atomic mass is 28.2. The molecule has 0 aliphatic rings. The lowest BCUT2D eigenvalue weighted by molar-refractivity contribution is 0.149. The zero-order valence-corrected chi connectivity index (χ0v) is 12.4. The number of hydrogen-bond acceptors (Lipinski definition) is 3. The third kappa shape index (κ3) is 10.1. The van der Waals surface area contributed by atoms with E-state index in [1.54, 1.807) is 0 Å². The summed E-state index contributed by atoms with van der Waals surface area (Å²) in [4.78, 5) is 3.40. The molecule has 0 unspecified atom stereocenters. The van der Waals surface area contributed by atoms with E-state index in [0.29, 0.717) is 0 Å². The van der Waals surface area contributed by atoms with Crippen molar-refractivity contribution in [3.63, 3.8) is 0 Å². The van der Waals surface area contributed by atoms with Crippen LogP contribution in [0.2, 0.25) is 12.6 Å². The smallest absolute Gasteiger partial charge is 0.116 e. The first-order valence-corrected chi connectivity index (χ1v) is 9.66. The van der Waals surface area contributed by atoms with Gasteiger partial charge in [-0.05, 0) is 25.3 Å². The first-order valence-electron chi connectivity index (χ1n) is 5.68. The van der Waals surface area contributed by atoms with Crippen LogP contribution in [0.5, 0.6) is 0 Å². The minimum atomic E-state index is -0.480. The molecule has 0 saturated carbocycles. The maximum absolute atomic E-state index is 5.24. The molecule has 0 atom stereocenters. The zero-order chi connectivity index (χ0) is 11.4. The highest BCUT2D eigenvalue weighted by Gasteiger charge is 1.93. The van der Waals surface area contributed by atoms with Gasteiger partial charge < -0.3 is 15.0 Å². The van der Waals surface area contributed by atoms with Gasteiger partial charge in [-0.3, -0.25) is 0 Å². The fourth-order valence-electron chi connectivity index (χ4n) is 1.11. The van der Waals surface area contributed by atoms with E-state index in [2.05, 4.69) is 34.9 Å². The van der Waals surface area contributed by atoms with Crippen LogP contribution in [-0.2, 0) is 4.74 Å².